The Balaban J connectivity index is 2.24. The van der Waals surface area contributed by atoms with Gasteiger partial charge in [0.25, 0.3) is 6.47 Å². The maximum atomic E-state index is 10.4. The Morgan fingerprint density at radius 1 is 1.00 bits per heavy atom. The molecule has 0 atom stereocenters. The Kier molecular flexibility index (Phi) is 2.27. The molecule has 0 spiro atoms. The maximum Gasteiger partial charge on any atom is 0.298 e. The van der Waals surface area contributed by atoms with Gasteiger partial charge in [-0.3, -0.25) is 4.79 Å². The molecule has 2 aromatic rings. The van der Waals surface area contributed by atoms with Gasteiger partial charge in [-0.25, -0.2) is 0 Å². The van der Waals surface area contributed by atoms with E-state index >= 15 is 0 Å². The van der Waals surface area contributed by atoms with Gasteiger partial charge in [-0.15, -0.1) is 0 Å². The van der Waals surface area contributed by atoms with Crippen molar-refractivity contribution in [3.8, 4) is 16.9 Å². The molecular weight excluding hydrogens is 224 g/mol. The molecule has 0 saturated heterocycles. The minimum atomic E-state index is -0.0474. The fourth-order valence-electron chi connectivity index (χ4n) is 2.81. The number of rotatable bonds is 2. The van der Waals surface area contributed by atoms with E-state index in [0.717, 1.165) is 0 Å². The third kappa shape index (κ3) is 1.39. The first kappa shape index (κ1) is 11.0. The predicted molar refractivity (Wildman–Crippen MR) is 70.7 cm³/mol. The van der Waals surface area contributed by atoms with Crippen molar-refractivity contribution in [3.63, 3.8) is 0 Å². The lowest BCUT2D eigenvalue weighted by atomic mass is 9.82. The number of carbonyl (C=O) groups excluding carboxylic acids is 1. The molecule has 3 rings (SSSR count). The van der Waals surface area contributed by atoms with Crippen molar-refractivity contribution in [2.45, 2.75) is 19.3 Å². The molecule has 0 heterocycles. The Morgan fingerprint density at radius 2 is 1.72 bits per heavy atom. The van der Waals surface area contributed by atoms with Gasteiger partial charge in [-0.1, -0.05) is 44.2 Å². The molecule has 0 radical (unpaired) electrons. The summed E-state index contributed by atoms with van der Waals surface area (Å²) in [7, 11) is 0. The standard InChI is InChI=1S/C16H14O2/c1-16(2)14-6-4-3-5-12(14)13-8-7-11(18-10-17)9-15(13)16/h3-10H,1-2H3. The molecule has 0 unspecified atom stereocenters. The van der Waals surface area contributed by atoms with Gasteiger partial charge in [0.2, 0.25) is 0 Å². The van der Waals surface area contributed by atoms with Crippen LogP contribution < -0.4 is 4.74 Å². The van der Waals surface area contributed by atoms with E-state index in [9.17, 15) is 4.79 Å². The zero-order chi connectivity index (χ0) is 12.8. The van der Waals surface area contributed by atoms with Crippen molar-refractivity contribution in [3.05, 3.63) is 53.6 Å². The van der Waals surface area contributed by atoms with E-state index < -0.39 is 0 Å². The summed E-state index contributed by atoms with van der Waals surface area (Å²) in [5.41, 5.74) is 4.99. The second-order valence-electron chi connectivity index (χ2n) is 5.09. The molecule has 1 aliphatic rings. The van der Waals surface area contributed by atoms with Crippen molar-refractivity contribution < 1.29 is 9.53 Å². The second-order valence-corrected chi connectivity index (χ2v) is 5.09. The summed E-state index contributed by atoms with van der Waals surface area (Å²) in [5, 5.41) is 0. The number of fused-ring (bicyclic) bond motifs is 3. The van der Waals surface area contributed by atoms with Gasteiger partial charge in [0.1, 0.15) is 5.75 Å². The third-order valence-corrected chi connectivity index (χ3v) is 3.74. The number of carbonyl (C=O) groups is 1. The van der Waals surface area contributed by atoms with Gasteiger partial charge in [0, 0.05) is 5.41 Å². The lowest BCUT2D eigenvalue weighted by molar-refractivity contribution is -0.120. The van der Waals surface area contributed by atoms with E-state index in [1.165, 1.54) is 22.3 Å². The summed E-state index contributed by atoms with van der Waals surface area (Å²) >= 11 is 0. The molecule has 0 amide bonds. The molecular formula is C16H14O2. The molecule has 18 heavy (non-hydrogen) atoms. The molecule has 90 valence electrons. The molecule has 0 bridgehead atoms. The quantitative estimate of drug-likeness (QED) is 0.748. The van der Waals surface area contributed by atoms with Crippen LogP contribution in [0.15, 0.2) is 42.5 Å². The molecule has 2 aromatic carbocycles. The van der Waals surface area contributed by atoms with Crippen LogP contribution in [0.3, 0.4) is 0 Å². The highest BCUT2D eigenvalue weighted by Crippen LogP contribution is 2.49. The van der Waals surface area contributed by atoms with E-state index in [1.54, 1.807) is 0 Å². The topological polar surface area (TPSA) is 26.3 Å². The number of benzene rings is 2. The fraction of sp³-hybridized carbons (Fsp3) is 0.188. The number of hydrogen-bond donors (Lipinski definition) is 0. The van der Waals surface area contributed by atoms with E-state index in [1.807, 2.05) is 18.2 Å². The average molecular weight is 238 g/mol. The van der Waals surface area contributed by atoms with E-state index in [-0.39, 0.29) is 5.41 Å². The van der Waals surface area contributed by atoms with Gasteiger partial charge in [-0.05, 0) is 34.4 Å². The Hall–Kier alpha value is -2.09. The summed E-state index contributed by atoms with van der Waals surface area (Å²) in [6.07, 6.45) is 0. The van der Waals surface area contributed by atoms with Crippen molar-refractivity contribution in [1.29, 1.82) is 0 Å². The highest BCUT2D eigenvalue weighted by atomic mass is 16.5. The van der Waals surface area contributed by atoms with Crippen LogP contribution in [0, 0.1) is 0 Å². The molecule has 2 nitrogen and oxygen atoms in total. The predicted octanol–water partition coefficient (Wildman–Crippen LogP) is 3.53. The highest BCUT2D eigenvalue weighted by molar-refractivity contribution is 5.81. The summed E-state index contributed by atoms with van der Waals surface area (Å²) < 4.78 is 4.94. The second kappa shape index (κ2) is 3.70. The molecule has 1 aliphatic carbocycles. The van der Waals surface area contributed by atoms with Crippen LogP contribution in [-0.2, 0) is 10.2 Å². The molecule has 0 aromatic heterocycles. The smallest absolute Gasteiger partial charge is 0.298 e. The van der Waals surface area contributed by atoms with Crippen molar-refractivity contribution >= 4 is 6.47 Å². The lowest BCUT2D eigenvalue weighted by Gasteiger charge is -2.21. The minimum absolute atomic E-state index is 0.0474. The molecule has 0 N–H and O–H groups in total. The van der Waals surface area contributed by atoms with Gasteiger partial charge in [0.15, 0.2) is 0 Å². The zero-order valence-electron chi connectivity index (χ0n) is 10.4. The van der Waals surface area contributed by atoms with E-state index in [4.69, 9.17) is 4.74 Å². The maximum absolute atomic E-state index is 10.4. The van der Waals surface area contributed by atoms with Gasteiger partial charge in [0.05, 0.1) is 0 Å². The molecule has 0 saturated carbocycles. The first-order valence-corrected chi connectivity index (χ1v) is 5.99. The van der Waals surface area contributed by atoms with Crippen LogP contribution in [-0.4, -0.2) is 6.47 Å². The van der Waals surface area contributed by atoms with Crippen molar-refractivity contribution in [1.82, 2.24) is 0 Å². The Labute approximate surface area is 106 Å². The molecule has 0 aliphatic heterocycles. The fourth-order valence-corrected chi connectivity index (χ4v) is 2.81. The Bertz CT molecular complexity index is 627. The number of hydrogen-bond acceptors (Lipinski definition) is 2. The van der Waals surface area contributed by atoms with Crippen LogP contribution in [0.5, 0.6) is 5.75 Å². The molecule has 0 fully saturated rings. The van der Waals surface area contributed by atoms with Crippen LogP contribution in [0.2, 0.25) is 0 Å². The van der Waals surface area contributed by atoms with Gasteiger partial charge in [-0.2, -0.15) is 0 Å². The normalized spacial score (nSPS) is 14.8. The first-order chi connectivity index (χ1) is 8.64. The summed E-state index contributed by atoms with van der Waals surface area (Å²) in [5.74, 6) is 0.602. The largest absolute Gasteiger partial charge is 0.429 e. The van der Waals surface area contributed by atoms with Crippen LogP contribution >= 0.6 is 0 Å². The van der Waals surface area contributed by atoms with Crippen LogP contribution in [0.1, 0.15) is 25.0 Å². The molecule has 2 heteroatoms. The Morgan fingerprint density at radius 3 is 2.50 bits per heavy atom. The third-order valence-electron chi connectivity index (χ3n) is 3.74. The van der Waals surface area contributed by atoms with Crippen LogP contribution in [0.4, 0.5) is 0 Å². The number of ether oxygens (including phenoxy) is 1. The summed E-state index contributed by atoms with van der Waals surface area (Å²) in [6.45, 7) is 4.86. The lowest BCUT2D eigenvalue weighted by Crippen LogP contribution is -2.14. The SMILES string of the molecule is CC1(C)c2ccccc2-c2ccc(OC=O)cc21. The summed E-state index contributed by atoms with van der Waals surface area (Å²) in [6, 6.07) is 14.3. The monoisotopic (exact) mass is 238 g/mol. The van der Waals surface area contributed by atoms with E-state index in [2.05, 4.69) is 38.1 Å². The zero-order valence-corrected chi connectivity index (χ0v) is 10.4. The minimum Gasteiger partial charge on any atom is -0.429 e. The highest BCUT2D eigenvalue weighted by Gasteiger charge is 2.35. The van der Waals surface area contributed by atoms with Crippen molar-refractivity contribution in [2.24, 2.45) is 0 Å². The van der Waals surface area contributed by atoms with Gasteiger partial charge >= 0.3 is 0 Å². The van der Waals surface area contributed by atoms with Crippen molar-refractivity contribution in [2.75, 3.05) is 0 Å². The summed E-state index contributed by atoms with van der Waals surface area (Å²) in [4.78, 5) is 10.4. The van der Waals surface area contributed by atoms with Crippen LogP contribution in [0.25, 0.3) is 11.1 Å². The average Bonchev–Trinajstić information content (AvgIpc) is 2.60. The van der Waals surface area contributed by atoms with E-state index in [0.29, 0.717) is 12.2 Å². The first-order valence-electron chi connectivity index (χ1n) is 5.99. The van der Waals surface area contributed by atoms with Gasteiger partial charge < -0.3 is 4.74 Å².